The molecule has 130 valence electrons. The minimum Gasteiger partial charge on any atom is -0.460 e. The molecule has 1 aromatic rings. The zero-order valence-electron chi connectivity index (χ0n) is 13.7. The molecule has 0 fully saturated rings. The summed E-state index contributed by atoms with van der Waals surface area (Å²) in [6, 6.07) is 3.01. The lowest BCUT2D eigenvalue weighted by Crippen LogP contribution is -2.27. The molecule has 6 nitrogen and oxygen atoms in total. The van der Waals surface area contributed by atoms with E-state index in [1.807, 2.05) is 0 Å². The van der Waals surface area contributed by atoms with Crippen LogP contribution in [-0.2, 0) is 4.74 Å². The van der Waals surface area contributed by atoms with E-state index in [-0.39, 0.29) is 19.3 Å². The molecule has 0 aliphatic rings. The minimum atomic E-state index is -0.503. The number of aliphatic hydroxyl groups excluding tert-OH is 1. The van der Waals surface area contributed by atoms with E-state index in [0.717, 1.165) is 31.6 Å². The number of hydrogen-bond acceptors (Lipinski definition) is 6. The zero-order valence-corrected chi connectivity index (χ0v) is 15.3. The molecule has 1 aromatic carbocycles. The van der Waals surface area contributed by atoms with E-state index in [0.29, 0.717) is 15.7 Å². The molecule has 0 amide bonds. The Morgan fingerprint density at radius 2 is 2.04 bits per heavy atom. The van der Waals surface area contributed by atoms with Crippen molar-refractivity contribution in [3.8, 4) is 0 Å². The van der Waals surface area contributed by atoms with Crippen molar-refractivity contribution in [2.45, 2.75) is 26.3 Å². The van der Waals surface area contributed by atoms with Crippen LogP contribution < -0.4 is 11.5 Å². The molecule has 0 aliphatic heterocycles. The van der Waals surface area contributed by atoms with E-state index in [1.165, 1.54) is 0 Å². The fraction of sp³-hybridized carbons (Fsp3) is 0.562. The average Bonchev–Trinajstić information content (AvgIpc) is 2.55. The topological polar surface area (TPSA) is 102 Å². The molecule has 0 spiro atoms. The van der Waals surface area contributed by atoms with E-state index >= 15 is 0 Å². The van der Waals surface area contributed by atoms with E-state index in [9.17, 15) is 4.79 Å². The summed E-state index contributed by atoms with van der Waals surface area (Å²) >= 11 is 3.36. The van der Waals surface area contributed by atoms with Gasteiger partial charge in [0.25, 0.3) is 0 Å². The number of benzene rings is 1. The van der Waals surface area contributed by atoms with Crippen LogP contribution in [0.2, 0.25) is 0 Å². The van der Waals surface area contributed by atoms with Crippen molar-refractivity contribution < 1.29 is 14.6 Å². The van der Waals surface area contributed by atoms with Crippen LogP contribution in [0.3, 0.4) is 0 Å². The number of aliphatic hydroxyl groups is 1. The number of anilines is 1. The summed E-state index contributed by atoms with van der Waals surface area (Å²) in [5, 5.41) is 8.74. The molecule has 0 aliphatic carbocycles. The first-order valence-corrected chi connectivity index (χ1v) is 8.58. The second-order valence-corrected chi connectivity index (χ2v) is 6.10. The highest BCUT2D eigenvalue weighted by Gasteiger charge is 2.18. The number of carbonyl (C=O) groups excluding carboxylic acids is 1. The first-order chi connectivity index (χ1) is 10.9. The van der Waals surface area contributed by atoms with Crippen LogP contribution in [0.15, 0.2) is 16.6 Å². The van der Waals surface area contributed by atoms with E-state index in [1.54, 1.807) is 12.1 Å². The molecule has 23 heavy (non-hydrogen) atoms. The number of esters is 1. The minimum absolute atomic E-state index is 0.0375. The number of halogens is 1. The van der Waals surface area contributed by atoms with Crippen molar-refractivity contribution in [1.82, 2.24) is 4.90 Å². The summed E-state index contributed by atoms with van der Waals surface area (Å²) in [4.78, 5) is 14.2. The summed E-state index contributed by atoms with van der Waals surface area (Å²) < 4.78 is 5.56. The maximum Gasteiger partial charge on any atom is 0.338 e. The number of carbonyl (C=O) groups is 1. The number of nitrogens with zero attached hydrogens (tertiary/aromatic N) is 1. The van der Waals surface area contributed by atoms with Gasteiger partial charge in [0.15, 0.2) is 0 Å². The number of rotatable bonds is 9. The maximum atomic E-state index is 12.0. The summed E-state index contributed by atoms with van der Waals surface area (Å²) in [5.74, 6) is -0.503. The number of nitrogens with two attached hydrogens (primary N) is 2. The predicted molar refractivity (Wildman–Crippen MR) is 95.3 cm³/mol. The third-order valence-corrected chi connectivity index (χ3v) is 4.43. The monoisotopic (exact) mass is 387 g/mol. The Bertz CT molecular complexity index is 522. The van der Waals surface area contributed by atoms with E-state index in [2.05, 4.69) is 34.7 Å². The highest BCUT2D eigenvalue weighted by Crippen LogP contribution is 2.30. The summed E-state index contributed by atoms with van der Waals surface area (Å²) in [6.45, 7) is 6.77. The van der Waals surface area contributed by atoms with Gasteiger partial charge in [-0.2, -0.15) is 0 Å². The van der Waals surface area contributed by atoms with Crippen LogP contribution in [0.25, 0.3) is 0 Å². The Morgan fingerprint density at radius 1 is 1.39 bits per heavy atom. The summed E-state index contributed by atoms with van der Waals surface area (Å²) in [6.07, 6.45) is 0.744. The maximum absolute atomic E-state index is 12.0. The lowest BCUT2D eigenvalue weighted by molar-refractivity contribution is 0.0433. The molecule has 0 heterocycles. The second-order valence-electron chi connectivity index (χ2n) is 5.24. The molecule has 1 atom stereocenters. The van der Waals surface area contributed by atoms with Gasteiger partial charge < -0.3 is 26.2 Å². The standard InChI is InChI=1S/C16H26BrN3O3/c1-3-20(4-2)6-5-14(18)12-9-11(10-13(17)15(12)19)16(22)23-8-7-21/h9-10,14,21H,3-8,18-19H2,1-2H3. The average molecular weight is 388 g/mol. The SMILES string of the molecule is CCN(CC)CCC(N)c1cc(C(=O)OCCO)cc(Br)c1N. The van der Waals surface area contributed by atoms with Gasteiger partial charge in [0, 0.05) is 10.5 Å². The molecule has 0 bridgehead atoms. The van der Waals surface area contributed by atoms with E-state index in [4.69, 9.17) is 21.3 Å². The van der Waals surface area contributed by atoms with E-state index < -0.39 is 5.97 Å². The third-order valence-electron chi connectivity index (χ3n) is 3.77. The lowest BCUT2D eigenvalue weighted by atomic mass is 9.99. The lowest BCUT2D eigenvalue weighted by Gasteiger charge is -2.22. The summed E-state index contributed by atoms with van der Waals surface area (Å²) in [7, 11) is 0. The van der Waals surface area contributed by atoms with Gasteiger partial charge in [-0.1, -0.05) is 13.8 Å². The Morgan fingerprint density at radius 3 is 2.61 bits per heavy atom. The van der Waals surface area contributed by atoms with Gasteiger partial charge >= 0.3 is 5.97 Å². The Labute approximate surface area is 145 Å². The quantitative estimate of drug-likeness (QED) is 0.441. The van der Waals surface area contributed by atoms with Crippen LogP contribution in [-0.4, -0.2) is 48.8 Å². The van der Waals surface area contributed by atoms with Gasteiger partial charge in [-0.05, 0) is 59.7 Å². The van der Waals surface area contributed by atoms with Crippen LogP contribution in [0.1, 0.15) is 42.2 Å². The van der Waals surface area contributed by atoms with Gasteiger partial charge in [-0.3, -0.25) is 0 Å². The van der Waals surface area contributed by atoms with Crippen molar-refractivity contribution in [1.29, 1.82) is 0 Å². The van der Waals surface area contributed by atoms with Crippen molar-refractivity contribution >= 4 is 27.6 Å². The highest BCUT2D eigenvalue weighted by molar-refractivity contribution is 9.10. The van der Waals surface area contributed by atoms with Gasteiger partial charge in [-0.25, -0.2) is 4.79 Å². The van der Waals surface area contributed by atoms with Gasteiger partial charge in [-0.15, -0.1) is 0 Å². The molecule has 0 saturated heterocycles. The van der Waals surface area contributed by atoms with Gasteiger partial charge in [0.1, 0.15) is 6.61 Å². The first-order valence-electron chi connectivity index (χ1n) is 7.79. The number of hydrogen-bond donors (Lipinski definition) is 3. The molecular weight excluding hydrogens is 362 g/mol. The van der Waals surface area contributed by atoms with Crippen LogP contribution in [0, 0.1) is 0 Å². The highest BCUT2D eigenvalue weighted by atomic mass is 79.9. The molecule has 0 radical (unpaired) electrons. The Balaban J connectivity index is 2.92. The smallest absolute Gasteiger partial charge is 0.338 e. The summed E-state index contributed by atoms with van der Waals surface area (Å²) in [5.41, 5.74) is 14.0. The van der Waals surface area contributed by atoms with Crippen molar-refractivity contribution in [3.05, 3.63) is 27.7 Å². The number of ether oxygens (including phenoxy) is 1. The Kier molecular flexibility index (Phi) is 8.54. The second kappa shape index (κ2) is 9.87. The molecule has 7 heteroatoms. The molecule has 0 aromatic heterocycles. The fourth-order valence-corrected chi connectivity index (χ4v) is 2.78. The molecule has 5 N–H and O–H groups in total. The van der Waals surface area contributed by atoms with Crippen LogP contribution in [0.4, 0.5) is 5.69 Å². The first kappa shape index (κ1) is 19.9. The molecule has 0 saturated carbocycles. The molecule has 1 unspecified atom stereocenters. The fourth-order valence-electron chi connectivity index (χ4n) is 2.30. The normalized spacial score (nSPS) is 12.4. The van der Waals surface area contributed by atoms with Gasteiger partial charge in [0.2, 0.25) is 0 Å². The van der Waals surface area contributed by atoms with Crippen molar-refractivity contribution in [3.63, 3.8) is 0 Å². The Hall–Kier alpha value is -1.15. The van der Waals surface area contributed by atoms with Crippen LogP contribution in [0.5, 0.6) is 0 Å². The van der Waals surface area contributed by atoms with Crippen molar-refractivity contribution in [2.24, 2.45) is 5.73 Å². The van der Waals surface area contributed by atoms with Gasteiger partial charge in [0.05, 0.1) is 17.9 Å². The largest absolute Gasteiger partial charge is 0.460 e. The molecule has 1 rings (SSSR count). The van der Waals surface area contributed by atoms with Crippen molar-refractivity contribution in [2.75, 3.05) is 38.6 Å². The predicted octanol–water partition coefficient (Wildman–Crippen LogP) is 1.91. The number of nitrogen functional groups attached to an aromatic ring is 1. The van der Waals surface area contributed by atoms with Crippen LogP contribution >= 0.6 is 15.9 Å². The molecular formula is C16H26BrN3O3. The third kappa shape index (κ3) is 5.76. The zero-order chi connectivity index (χ0) is 17.4.